The number of amides is 1. The molecule has 1 amide bonds. The van der Waals surface area contributed by atoms with Gasteiger partial charge in [-0.25, -0.2) is 9.69 Å². The number of hydrogen-bond acceptors (Lipinski definition) is 5. The Morgan fingerprint density at radius 3 is 2.42 bits per heavy atom. The summed E-state index contributed by atoms with van der Waals surface area (Å²) in [6, 6.07) is -0.280. The van der Waals surface area contributed by atoms with Crippen molar-refractivity contribution in [2.75, 3.05) is 6.61 Å². The number of nitrogens with zero attached hydrogens (tertiary/aromatic N) is 2. The van der Waals surface area contributed by atoms with E-state index in [-0.39, 0.29) is 18.6 Å². The van der Waals surface area contributed by atoms with Gasteiger partial charge in [-0.1, -0.05) is 5.16 Å². The van der Waals surface area contributed by atoms with Crippen LogP contribution in [0.2, 0.25) is 0 Å². The summed E-state index contributed by atoms with van der Waals surface area (Å²) < 4.78 is 5.22. The average molecular weight is 275 g/mol. The number of nitrogens with two attached hydrogens (primary N) is 1. The van der Waals surface area contributed by atoms with Crippen molar-refractivity contribution >= 4 is 12.1 Å². The normalized spacial score (nSPS) is 14.1. The molecule has 0 fully saturated rings. The van der Waals surface area contributed by atoms with Crippen LogP contribution >= 0.6 is 0 Å². The lowest BCUT2D eigenvalue weighted by atomic mass is 10.1. The van der Waals surface area contributed by atoms with Gasteiger partial charge in [0.15, 0.2) is 0 Å². The maximum atomic E-state index is 12.0. The molecule has 1 unspecified atom stereocenters. The molecule has 0 bridgehead atoms. The highest BCUT2D eigenvalue weighted by molar-refractivity contribution is 5.93. The van der Waals surface area contributed by atoms with E-state index in [1.165, 1.54) is 0 Å². The van der Waals surface area contributed by atoms with E-state index in [1.807, 2.05) is 0 Å². The molecule has 7 nitrogen and oxygen atoms in total. The lowest BCUT2D eigenvalue weighted by Crippen LogP contribution is -2.49. The molecule has 112 valence electrons. The molecule has 0 aliphatic carbocycles. The number of aliphatic hydroxyl groups excluding tert-OH is 1. The Bertz CT molecular complexity index is 313. The first kappa shape index (κ1) is 17.5. The highest BCUT2D eigenvalue weighted by Crippen LogP contribution is 2.14. The number of carbonyl (C=O) groups excluding carboxylic acids is 1. The molecular formula is C12H25N3O4. The van der Waals surface area contributed by atoms with Crippen LogP contribution in [0.4, 0.5) is 4.79 Å². The Morgan fingerprint density at radius 1 is 1.42 bits per heavy atom. The smallest absolute Gasteiger partial charge is 0.417 e. The molecule has 1 atom stereocenters. The first-order valence-electron chi connectivity index (χ1n) is 6.33. The van der Waals surface area contributed by atoms with Crippen molar-refractivity contribution in [1.29, 1.82) is 0 Å². The molecule has 19 heavy (non-hydrogen) atoms. The summed E-state index contributed by atoms with van der Waals surface area (Å²) in [5.41, 5.74) is 4.86. The van der Waals surface area contributed by atoms with E-state index in [4.69, 9.17) is 20.8 Å². The van der Waals surface area contributed by atoms with Crippen LogP contribution in [0, 0.1) is 0 Å². The van der Waals surface area contributed by atoms with E-state index < -0.39 is 11.7 Å². The Morgan fingerprint density at radius 2 is 2.00 bits per heavy atom. The van der Waals surface area contributed by atoms with Gasteiger partial charge in [0.1, 0.15) is 5.60 Å². The van der Waals surface area contributed by atoms with Gasteiger partial charge in [-0.3, -0.25) is 0 Å². The predicted molar refractivity (Wildman–Crippen MR) is 71.9 cm³/mol. The van der Waals surface area contributed by atoms with E-state index in [0.717, 1.165) is 11.3 Å². The maximum absolute atomic E-state index is 12.0. The molecular weight excluding hydrogens is 250 g/mol. The fourth-order valence-corrected chi connectivity index (χ4v) is 1.54. The van der Waals surface area contributed by atoms with Crippen molar-refractivity contribution in [3.05, 3.63) is 0 Å². The molecule has 0 heterocycles. The van der Waals surface area contributed by atoms with Gasteiger partial charge in [-0.15, -0.1) is 0 Å². The van der Waals surface area contributed by atoms with Gasteiger partial charge in [0, 0.05) is 12.6 Å². The molecule has 0 spiro atoms. The minimum absolute atomic E-state index is 0.0999. The molecule has 0 rings (SSSR count). The first-order valence-corrected chi connectivity index (χ1v) is 6.33. The SMILES string of the molecule is CC(CCCCO)N(C(=O)OC(C)(C)C)C(N)=NO. The second-order valence-corrected chi connectivity index (χ2v) is 5.38. The number of aliphatic hydroxyl groups is 1. The summed E-state index contributed by atoms with van der Waals surface area (Å²) in [5.74, 6) is -0.300. The van der Waals surface area contributed by atoms with Crippen LogP contribution in [0.25, 0.3) is 0 Å². The van der Waals surface area contributed by atoms with Gasteiger partial charge in [0.05, 0.1) is 0 Å². The van der Waals surface area contributed by atoms with Gasteiger partial charge in [-0.2, -0.15) is 0 Å². The molecule has 4 N–H and O–H groups in total. The Balaban J connectivity index is 4.76. The number of carbonyl (C=O) groups is 1. The topological polar surface area (TPSA) is 108 Å². The molecule has 0 aromatic carbocycles. The van der Waals surface area contributed by atoms with Crippen molar-refractivity contribution in [1.82, 2.24) is 4.90 Å². The highest BCUT2D eigenvalue weighted by atomic mass is 16.6. The predicted octanol–water partition coefficient (Wildman–Crippen LogP) is 1.48. The molecule has 0 saturated heterocycles. The summed E-state index contributed by atoms with van der Waals surface area (Å²) in [6.45, 7) is 7.10. The van der Waals surface area contributed by atoms with Crippen LogP contribution in [0.3, 0.4) is 0 Å². The fraction of sp³-hybridized carbons (Fsp3) is 0.833. The number of unbranched alkanes of at least 4 members (excludes halogenated alkanes) is 1. The molecule has 0 aromatic rings. The monoisotopic (exact) mass is 275 g/mol. The van der Waals surface area contributed by atoms with E-state index in [2.05, 4.69) is 5.16 Å². The lowest BCUT2D eigenvalue weighted by molar-refractivity contribution is 0.0306. The third-order valence-electron chi connectivity index (χ3n) is 2.41. The summed E-state index contributed by atoms with van der Waals surface area (Å²) >= 11 is 0. The number of guanidine groups is 1. The van der Waals surface area contributed by atoms with Crippen molar-refractivity contribution < 1.29 is 19.8 Å². The number of hydrogen-bond donors (Lipinski definition) is 3. The Labute approximate surface area is 114 Å². The molecule has 7 heteroatoms. The van der Waals surface area contributed by atoms with Crippen LogP contribution in [0.5, 0.6) is 0 Å². The van der Waals surface area contributed by atoms with Gasteiger partial charge in [0.2, 0.25) is 5.96 Å². The van der Waals surface area contributed by atoms with Crippen molar-refractivity contribution in [3.8, 4) is 0 Å². The van der Waals surface area contributed by atoms with E-state index in [0.29, 0.717) is 12.8 Å². The minimum Gasteiger partial charge on any atom is -0.443 e. The number of rotatable bonds is 5. The van der Waals surface area contributed by atoms with E-state index >= 15 is 0 Å². The van der Waals surface area contributed by atoms with Crippen LogP contribution in [0.1, 0.15) is 47.0 Å². The number of oxime groups is 1. The Kier molecular flexibility index (Phi) is 7.21. The van der Waals surface area contributed by atoms with Gasteiger partial charge >= 0.3 is 6.09 Å². The van der Waals surface area contributed by atoms with Crippen LogP contribution in [0.15, 0.2) is 5.16 Å². The molecule has 0 aromatic heterocycles. The third kappa shape index (κ3) is 6.85. The summed E-state index contributed by atoms with van der Waals surface area (Å²) in [5, 5.41) is 20.3. The second-order valence-electron chi connectivity index (χ2n) is 5.38. The van der Waals surface area contributed by atoms with Crippen molar-refractivity contribution in [2.45, 2.75) is 58.6 Å². The van der Waals surface area contributed by atoms with Crippen LogP contribution in [-0.2, 0) is 4.74 Å². The average Bonchev–Trinajstić information content (AvgIpc) is 2.26. The minimum atomic E-state index is -0.657. The van der Waals surface area contributed by atoms with Crippen LogP contribution in [-0.4, -0.2) is 45.5 Å². The summed E-state index contributed by atoms with van der Waals surface area (Å²) in [7, 11) is 0. The highest BCUT2D eigenvalue weighted by Gasteiger charge is 2.28. The maximum Gasteiger partial charge on any atom is 0.417 e. The zero-order valence-corrected chi connectivity index (χ0v) is 12.1. The second kappa shape index (κ2) is 7.83. The zero-order chi connectivity index (χ0) is 15.1. The van der Waals surface area contributed by atoms with Crippen LogP contribution < -0.4 is 5.73 Å². The Hall–Kier alpha value is -1.50. The summed E-state index contributed by atoms with van der Waals surface area (Å²) in [4.78, 5) is 13.1. The molecule has 0 saturated carbocycles. The summed E-state index contributed by atoms with van der Waals surface area (Å²) in [6.07, 6.45) is 1.34. The first-order chi connectivity index (χ1) is 8.72. The van der Waals surface area contributed by atoms with Crippen molar-refractivity contribution in [3.63, 3.8) is 0 Å². The van der Waals surface area contributed by atoms with E-state index in [9.17, 15) is 4.79 Å². The van der Waals surface area contributed by atoms with E-state index in [1.54, 1.807) is 27.7 Å². The zero-order valence-electron chi connectivity index (χ0n) is 12.1. The largest absolute Gasteiger partial charge is 0.443 e. The lowest BCUT2D eigenvalue weighted by Gasteiger charge is -2.30. The third-order valence-corrected chi connectivity index (χ3v) is 2.41. The molecule has 0 aliphatic rings. The van der Waals surface area contributed by atoms with Gasteiger partial charge in [-0.05, 0) is 47.0 Å². The fourth-order valence-electron chi connectivity index (χ4n) is 1.54. The van der Waals surface area contributed by atoms with Gasteiger partial charge < -0.3 is 20.8 Å². The molecule has 0 aliphatic heterocycles. The van der Waals surface area contributed by atoms with Crippen molar-refractivity contribution in [2.24, 2.45) is 10.9 Å². The quantitative estimate of drug-likeness (QED) is 0.231. The molecule has 0 radical (unpaired) electrons. The van der Waals surface area contributed by atoms with Gasteiger partial charge in [0.25, 0.3) is 0 Å². The standard InChI is InChI=1S/C12H25N3O4/c1-9(7-5-6-8-16)15(10(13)14-18)11(17)19-12(2,3)4/h9,16,18H,5-8H2,1-4H3,(H2,13,14). The number of ether oxygens (including phenoxy) is 1.